The fourth-order valence-corrected chi connectivity index (χ4v) is 3.08. The van der Waals surface area contributed by atoms with Gasteiger partial charge in [-0.25, -0.2) is 0 Å². The summed E-state index contributed by atoms with van der Waals surface area (Å²) >= 11 is 0. The third-order valence-corrected chi connectivity index (χ3v) is 4.33. The van der Waals surface area contributed by atoms with E-state index in [1.54, 1.807) is 10.9 Å². The van der Waals surface area contributed by atoms with Crippen LogP contribution in [0, 0.1) is 5.92 Å². The van der Waals surface area contributed by atoms with Crippen molar-refractivity contribution < 1.29 is 4.79 Å². The van der Waals surface area contributed by atoms with Gasteiger partial charge in [0.15, 0.2) is 5.82 Å². The molecule has 2 N–H and O–H groups in total. The van der Waals surface area contributed by atoms with E-state index in [1.165, 1.54) is 12.0 Å². The number of hydrogen-bond acceptors (Lipinski definition) is 4. The number of nitrogens with one attached hydrogen (secondary N) is 2. The Kier molecular flexibility index (Phi) is 5.59. The minimum atomic E-state index is -0.0636. The zero-order valence-corrected chi connectivity index (χ0v) is 14.2. The minimum Gasteiger partial charge on any atom is -0.316 e. The Balaban J connectivity index is 1.50. The number of hydrogen-bond donors (Lipinski definition) is 2. The van der Waals surface area contributed by atoms with E-state index in [1.807, 2.05) is 12.1 Å². The lowest BCUT2D eigenvalue weighted by Gasteiger charge is -2.09. The van der Waals surface area contributed by atoms with Crippen LogP contribution in [0.3, 0.4) is 0 Å². The lowest BCUT2D eigenvalue weighted by molar-refractivity contribution is -0.115. The molecule has 1 aliphatic rings. The van der Waals surface area contributed by atoms with Crippen LogP contribution in [-0.2, 0) is 24.2 Å². The second kappa shape index (κ2) is 8.06. The summed E-state index contributed by atoms with van der Waals surface area (Å²) in [5.41, 5.74) is 2.36. The molecule has 1 atom stereocenters. The van der Waals surface area contributed by atoms with Gasteiger partial charge in [-0.3, -0.25) is 9.48 Å². The molecule has 0 saturated carbocycles. The molecule has 1 amide bonds. The van der Waals surface area contributed by atoms with Gasteiger partial charge in [0, 0.05) is 6.54 Å². The van der Waals surface area contributed by atoms with Crippen LogP contribution < -0.4 is 10.6 Å². The molecule has 2 heterocycles. The molecule has 1 fully saturated rings. The number of carbonyl (C=O) groups excluding carboxylic acids is 1. The van der Waals surface area contributed by atoms with Crippen LogP contribution in [0.5, 0.6) is 0 Å². The first-order chi connectivity index (χ1) is 11.7. The first kappa shape index (κ1) is 16.6. The Morgan fingerprint density at radius 1 is 1.33 bits per heavy atom. The molecule has 1 saturated heterocycles. The first-order valence-corrected chi connectivity index (χ1v) is 8.71. The summed E-state index contributed by atoms with van der Waals surface area (Å²) in [7, 11) is 0. The summed E-state index contributed by atoms with van der Waals surface area (Å²) in [6.07, 6.45) is 5.47. The molecular weight excluding hydrogens is 302 g/mol. The molecule has 128 valence electrons. The summed E-state index contributed by atoms with van der Waals surface area (Å²) in [5, 5.41) is 14.1. The van der Waals surface area contributed by atoms with Crippen LogP contribution in [0.2, 0.25) is 0 Å². The van der Waals surface area contributed by atoms with E-state index in [-0.39, 0.29) is 5.91 Å². The number of anilines is 1. The van der Waals surface area contributed by atoms with Crippen molar-refractivity contribution in [2.24, 2.45) is 5.92 Å². The normalized spacial score (nSPS) is 17.1. The van der Waals surface area contributed by atoms with E-state index in [4.69, 9.17) is 0 Å². The summed E-state index contributed by atoms with van der Waals surface area (Å²) in [5.74, 6) is 1.19. The molecule has 0 radical (unpaired) electrons. The third kappa shape index (κ3) is 4.64. The zero-order chi connectivity index (χ0) is 16.8. The monoisotopic (exact) mass is 327 g/mol. The van der Waals surface area contributed by atoms with Gasteiger partial charge in [-0.05, 0) is 49.4 Å². The third-order valence-electron chi connectivity index (χ3n) is 4.33. The Hall–Kier alpha value is -2.21. The molecule has 2 aromatic rings. The van der Waals surface area contributed by atoms with E-state index in [0.29, 0.717) is 12.2 Å². The van der Waals surface area contributed by atoms with Gasteiger partial charge in [-0.1, -0.05) is 36.4 Å². The molecule has 1 aliphatic heterocycles. The Morgan fingerprint density at radius 3 is 2.83 bits per heavy atom. The Bertz CT molecular complexity index is 658. The largest absolute Gasteiger partial charge is 0.316 e. The second-order valence-electron chi connectivity index (χ2n) is 6.47. The van der Waals surface area contributed by atoms with E-state index >= 15 is 0 Å². The van der Waals surface area contributed by atoms with E-state index < -0.39 is 0 Å². The Morgan fingerprint density at radius 2 is 2.12 bits per heavy atom. The van der Waals surface area contributed by atoms with Crippen molar-refractivity contribution in [2.45, 2.75) is 39.2 Å². The lowest BCUT2D eigenvalue weighted by atomic mass is 9.97. The molecule has 0 bridgehead atoms. The minimum absolute atomic E-state index is 0.0636. The van der Waals surface area contributed by atoms with Crippen LogP contribution in [0.4, 0.5) is 5.82 Å². The highest BCUT2D eigenvalue weighted by molar-refractivity contribution is 5.91. The standard InChI is InChI=1S/C18H25N5O/c1-2-9-23-13-17(21-22-23)20-18(24)11-15-5-3-14(4-6-15)10-16-7-8-19-12-16/h3-6,13,16,19H,2,7-12H2,1H3,(H,20,24). The van der Waals surface area contributed by atoms with Gasteiger partial charge >= 0.3 is 0 Å². The zero-order valence-electron chi connectivity index (χ0n) is 14.2. The van der Waals surface area contributed by atoms with Gasteiger partial charge in [0.1, 0.15) is 0 Å². The van der Waals surface area contributed by atoms with Crippen molar-refractivity contribution in [2.75, 3.05) is 18.4 Å². The first-order valence-electron chi connectivity index (χ1n) is 8.71. The van der Waals surface area contributed by atoms with Crippen LogP contribution >= 0.6 is 0 Å². The maximum absolute atomic E-state index is 12.1. The highest BCUT2D eigenvalue weighted by Crippen LogP contribution is 2.16. The Labute approximate surface area is 142 Å². The van der Waals surface area contributed by atoms with Crippen molar-refractivity contribution in [3.8, 4) is 0 Å². The van der Waals surface area contributed by atoms with Gasteiger partial charge < -0.3 is 10.6 Å². The maximum Gasteiger partial charge on any atom is 0.230 e. The maximum atomic E-state index is 12.1. The van der Waals surface area contributed by atoms with Crippen molar-refractivity contribution in [1.29, 1.82) is 0 Å². The van der Waals surface area contributed by atoms with Gasteiger partial charge in [-0.2, -0.15) is 0 Å². The predicted molar refractivity (Wildman–Crippen MR) is 93.8 cm³/mol. The quantitative estimate of drug-likeness (QED) is 0.816. The van der Waals surface area contributed by atoms with Crippen LogP contribution in [0.1, 0.15) is 30.9 Å². The SMILES string of the molecule is CCCn1cc(NC(=O)Cc2ccc(CC3CCNC3)cc2)nn1. The number of carbonyl (C=O) groups is 1. The molecule has 1 aromatic carbocycles. The average Bonchev–Trinajstić information content (AvgIpc) is 3.22. The molecule has 6 heteroatoms. The second-order valence-corrected chi connectivity index (χ2v) is 6.47. The van der Waals surface area contributed by atoms with Crippen LogP contribution in [-0.4, -0.2) is 34.0 Å². The fraction of sp³-hybridized carbons (Fsp3) is 0.500. The number of amides is 1. The summed E-state index contributed by atoms with van der Waals surface area (Å²) in [4.78, 5) is 12.1. The van der Waals surface area contributed by atoms with Gasteiger partial charge in [0.2, 0.25) is 5.91 Å². The highest BCUT2D eigenvalue weighted by Gasteiger charge is 2.14. The molecule has 1 unspecified atom stereocenters. The van der Waals surface area contributed by atoms with Crippen molar-refractivity contribution in [3.63, 3.8) is 0 Å². The van der Waals surface area contributed by atoms with Crippen molar-refractivity contribution >= 4 is 11.7 Å². The summed E-state index contributed by atoms with van der Waals surface area (Å²) < 4.78 is 1.74. The van der Waals surface area contributed by atoms with E-state index in [0.717, 1.165) is 44.0 Å². The fourth-order valence-electron chi connectivity index (χ4n) is 3.08. The molecule has 0 spiro atoms. The molecule has 0 aliphatic carbocycles. The molecule has 1 aromatic heterocycles. The van der Waals surface area contributed by atoms with Crippen LogP contribution in [0.15, 0.2) is 30.5 Å². The van der Waals surface area contributed by atoms with E-state index in [9.17, 15) is 4.79 Å². The number of aryl methyl sites for hydroxylation is 1. The van der Waals surface area contributed by atoms with Gasteiger partial charge in [0.25, 0.3) is 0 Å². The number of benzene rings is 1. The molecule has 3 rings (SSSR count). The summed E-state index contributed by atoms with van der Waals surface area (Å²) in [6.45, 7) is 5.13. The molecule has 6 nitrogen and oxygen atoms in total. The lowest BCUT2D eigenvalue weighted by Crippen LogP contribution is -2.14. The van der Waals surface area contributed by atoms with Crippen LogP contribution in [0.25, 0.3) is 0 Å². The smallest absolute Gasteiger partial charge is 0.230 e. The predicted octanol–water partition coefficient (Wildman–Crippen LogP) is 2.02. The van der Waals surface area contributed by atoms with Gasteiger partial charge in [0.05, 0.1) is 12.6 Å². The number of rotatable bonds is 7. The topological polar surface area (TPSA) is 71.8 Å². The van der Waals surface area contributed by atoms with Crippen molar-refractivity contribution in [3.05, 3.63) is 41.6 Å². The van der Waals surface area contributed by atoms with E-state index in [2.05, 4.69) is 40.0 Å². The highest BCUT2D eigenvalue weighted by atomic mass is 16.1. The molecule has 24 heavy (non-hydrogen) atoms. The average molecular weight is 327 g/mol. The molecular formula is C18H25N5O. The van der Waals surface area contributed by atoms with Gasteiger partial charge in [-0.15, -0.1) is 5.10 Å². The summed E-state index contributed by atoms with van der Waals surface area (Å²) in [6, 6.07) is 8.37. The number of nitrogens with zero attached hydrogens (tertiary/aromatic N) is 3. The van der Waals surface area contributed by atoms with Crippen molar-refractivity contribution in [1.82, 2.24) is 20.3 Å². The number of aromatic nitrogens is 3.